The number of pyridine rings is 1. The molecule has 2 aromatic heterocycles. The molecule has 5 heteroatoms. The molecule has 0 atom stereocenters. The second kappa shape index (κ2) is 4.97. The van der Waals surface area contributed by atoms with Crippen molar-refractivity contribution in [2.45, 2.75) is 6.54 Å². The Hall–Kier alpha value is -1.88. The van der Waals surface area contributed by atoms with Crippen molar-refractivity contribution in [2.75, 3.05) is 25.6 Å². The van der Waals surface area contributed by atoms with E-state index in [1.807, 2.05) is 43.5 Å². The van der Waals surface area contributed by atoms with E-state index in [-0.39, 0.29) is 6.61 Å². The first-order valence-corrected chi connectivity index (χ1v) is 5.48. The Bertz CT molecular complexity index is 476. The molecule has 0 unspecified atom stereocenters. The van der Waals surface area contributed by atoms with Crippen LogP contribution < -0.4 is 4.90 Å². The van der Waals surface area contributed by atoms with Crippen LogP contribution in [0.4, 0.5) is 5.82 Å². The van der Waals surface area contributed by atoms with Crippen LogP contribution in [0.2, 0.25) is 0 Å². The molecule has 17 heavy (non-hydrogen) atoms. The number of hydrogen-bond acceptors (Lipinski definition) is 4. The molecule has 0 aromatic carbocycles. The highest BCUT2D eigenvalue weighted by Gasteiger charge is 2.03. The van der Waals surface area contributed by atoms with E-state index in [9.17, 15) is 0 Å². The zero-order chi connectivity index (χ0) is 12.3. The molecule has 1 N–H and O–H groups in total. The first-order chi connectivity index (χ1) is 8.20. The maximum atomic E-state index is 8.82. The topological polar surface area (TPSA) is 54.2 Å². The molecule has 90 valence electrons. The van der Waals surface area contributed by atoms with Gasteiger partial charge in [0.05, 0.1) is 19.3 Å². The Morgan fingerprint density at radius 2 is 2.06 bits per heavy atom. The van der Waals surface area contributed by atoms with Gasteiger partial charge in [0.1, 0.15) is 5.82 Å². The van der Waals surface area contributed by atoms with Crippen molar-refractivity contribution in [3.05, 3.63) is 30.7 Å². The van der Waals surface area contributed by atoms with Crippen LogP contribution in [0.15, 0.2) is 30.7 Å². The van der Waals surface area contributed by atoms with Gasteiger partial charge in [0.25, 0.3) is 0 Å². The lowest BCUT2D eigenvalue weighted by molar-refractivity contribution is 0.269. The highest BCUT2D eigenvalue weighted by molar-refractivity contribution is 5.62. The van der Waals surface area contributed by atoms with Gasteiger partial charge in [-0.1, -0.05) is 0 Å². The number of aliphatic hydroxyl groups excluding tert-OH is 1. The lowest BCUT2D eigenvalue weighted by atomic mass is 10.2. The van der Waals surface area contributed by atoms with Crippen molar-refractivity contribution < 1.29 is 5.11 Å². The number of nitrogens with zero attached hydrogens (tertiary/aromatic N) is 4. The van der Waals surface area contributed by atoms with Gasteiger partial charge in [0, 0.05) is 37.6 Å². The van der Waals surface area contributed by atoms with E-state index in [1.54, 1.807) is 10.9 Å². The minimum absolute atomic E-state index is 0.0962. The Balaban J connectivity index is 2.21. The van der Waals surface area contributed by atoms with E-state index in [0.717, 1.165) is 16.9 Å². The summed E-state index contributed by atoms with van der Waals surface area (Å²) in [5.41, 5.74) is 2.04. The first-order valence-electron chi connectivity index (χ1n) is 5.48. The molecule has 0 bridgehead atoms. The van der Waals surface area contributed by atoms with Crippen LogP contribution >= 0.6 is 0 Å². The molecule has 0 saturated carbocycles. The number of aliphatic hydroxyl groups is 1. The summed E-state index contributed by atoms with van der Waals surface area (Å²) in [6.45, 7) is 0.613. The van der Waals surface area contributed by atoms with Crippen LogP contribution in [-0.4, -0.2) is 40.6 Å². The van der Waals surface area contributed by atoms with Gasteiger partial charge in [-0.15, -0.1) is 0 Å². The predicted molar refractivity (Wildman–Crippen MR) is 66.9 cm³/mol. The smallest absolute Gasteiger partial charge is 0.127 e. The van der Waals surface area contributed by atoms with Crippen molar-refractivity contribution in [3.8, 4) is 11.1 Å². The Morgan fingerprint density at radius 3 is 2.65 bits per heavy atom. The molecule has 0 aliphatic carbocycles. The van der Waals surface area contributed by atoms with Crippen LogP contribution in [0.3, 0.4) is 0 Å². The molecule has 0 amide bonds. The quantitative estimate of drug-likeness (QED) is 0.854. The van der Waals surface area contributed by atoms with Crippen LogP contribution in [0.5, 0.6) is 0 Å². The van der Waals surface area contributed by atoms with E-state index in [2.05, 4.69) is 10.1 Å². The third-order valence-corrected chi connectivity index (χ3v) is 2.50. The van der Waals surface area contributed by atoms with Crippen molar-refractivity contribution in [2.24, 2.45) is 0 Å². The van der Waals surface area contributed by atoms with Crippen LogP contribution in [0.25, 0.3) is 11.1 Å². The molecule has 2 rings (SSSR count). The molecule has 0 saturated heterocycles. The molecule has 0 aliphatic rings. The fourth-order valence-electron chi connectivity index (χ4n) is 1.56. The number of hydrogen-bond donors (Lipinski definition) is 1. The second-order valence-electron chi connectivity index (χ2n) is 4.02. The van der Waals surface area contributed by atoms with E-state index < -0.39 is 0 Å². The third kappa shape index (κ3) is 2.62. The Labute approximate surface area is 100 Å². The zero-order valence-electron chi connectivity index (χ0n) is 10.0. The SMILES string of the molecule is CN(C)c1ccc(-c2cnn(CCO)c2)cn1. The van der Waals surface area contributed by atoms with Crippen LogP contribution in [0, 0.1) is 0 Å². The second-order valence-corrected chi connectivity index (χ2v) is 4.02. The maximum absolute atomic E-state index is 8.82. The summed E-state index contributed by atoms with van der Waals surface area (Å²) >= 11 is 0. The highest BCUT2D eigenvalue weighted by atomic mass is 16.3. The molecule has 0 fully saturated rings. The lowest BCUT2D eigenvalue weighted by Gasteiger charge is -2.10. The fourth-order valence-corrected chi connectivity index (χ4v) is 1.56. The van der Waals surface area contributed by atoms with E-state index in [1.165, 1.54) is 0 Å². The van der Waals surface area contributed by atoms with Crippen LogP contribution in [0.1, 0.15) is 0 Å². The van der Waals surface area contributed by atoms with Gasteiger partial charge in [-0.05, 0) is 12.1 Å². The first kappa shape index (κ1) is 11.6. The molecule has 2 aromatic rings. The maximum Gasteiger partial charge on any atom is 0.127 e. The molecular weight excluding hydrogens is 216 g/mol. The molecule has 5 nitrogen and oxygen atoms in total. The summed E-state index contributed by atoms with van der Waals surface area (Å²) in [5, 5.41) is 13.0. The highest BCUT2D eigenvalue weighted by Crippen LogP contribution is 2.19. The summed E-state index contributed by atoms with van der Waals surface area (Å²) in [6.07, 6.45) is 5.51. The summed E-state index contributed by atoms with van der Waals surface area (Å²) in [6, 6.07) is 3.99. The van der Waals surface area contributed by atoms with Crippen molar-refractivity contribution in [1.29, 1.82) is 0 Å². The summed E-state index contributed by atoms with van der Waals surface area (Å²) in [7, 11) is 3.92. The largest absolute Gasteiger partial charge is 0.394 e. The Kier molecular flexibility index (Phi) is 3.39. The fraction of sp³-hybridized carbons (Fsp3) is 0.333. The number of aromatic nitrogens is 3. The lowest BCUT2D eigenvalue weighted by Crippen LogP contribution is -2.09. The monoisotopic (exact) mass is 232 g/mol. The average molecular weight is 232 g/mol. The van der Waals surface area contributed by atoms with Gasteiger partial charge in [0.2, 0.25) is 0 Å². The van der Waals surface area contributed by atoms with E-state index in [0.29, 0.717) is 6.54 Å². The zero-order valence-corrected chi connectivity index (χ0v) is 10.0. The summed E-state index contributed by atoms with van der Waals surface area (Å²) in [4.78, 5) is 6.31. The van der Waals surface area contributed by atoms with Crippen LogP contribution in [-0.2, 0) is 6.54 Å². The summed E-state index contributed by atoms with van der Waals surface area (Å²) < 4.78 is 1.72. The number of anilines is 1. The summed E-state index contributed by atoms with van der Waals surface area (Å²) in [5.74, 6) is 0.927. The third-order valence-electron chi connectivity index (χ3n) is 2.50. The normalized spacial score (nSPS) is 10.5. The minimum atomic E-state index is 0.0962. The van der Waals surface area contributed by atoms with Crippen molar-refractivity contribution >= 4 is 5.82 Å². The number of rotatable bonds is 4. The van der Waals surface area contributed by atoms with Gasteiger partial charge in [-0.2, -0.15) is 5.10 Å². The van der Waals surface area contributed by atoms with E-state index in [4.69, 9.17) is 5.11 Å². The minimum Gasteiger partial charge on any atom is -0.394 e. The molecule has 2 heterocycles. The molecule has 0 spiro atoms. The van der Waals surface area contributed by atoms with Gasteiger partial charge in [0.15, 0.2) is 0 Å². The van der Waals surface area contributed by atoms with Gasteiger partial charge in [-0.3, -0.25) is 4.68 Å². The van der Waals surface area contributed by atoms with E-state index >= 15 is 0 Å². The van der Waals surface area contributed by atoms with Crippen molar-refractivity contribution in [1.82, 2.24) is 14.8 Å². The average Bonchev–Trinajstić information content (AvgIpc) is 2.78. The Morgan fingerprint density at radius 1 is 1.24 bits per heavy atom. The van der Waals surface area contributed by atoms with Crippen molar-refractivity contribution in [3.63, 3.8) is 0 Å². The molecular formula is C12H16N4O. The van der Waals surface area contributed by atoms with Gasteiger partial charge >= 0.3 is 0 Å². The predicted octanol–water partition coefficient (Wildman–Crippen LogP) is 1.00. The van der Waals surface area contributed by atoms with Gasteiger partial charge < -0.3 is 10.0 Å². The standard InChI is InChI=1S/C12H16N4O/c1-15(2)12-4-3-10(7-13-12)11-8-14-16(9-11)5-6-17/h3-4,7-9,17H,5-6H2,1-2H3. The molecule has 0 radical (unpaired) electrons. The molecule has 0 aliphatic heterocycles. The van der Waals surface area contributed by atoms with Gasteiger partial charge in [-0.25, -0.2) is 4.98 Å².